The van der Waals surface area contributed by atoms with E-state index in [9.17, 15) is 8.42 Å². The lowest BCUT2D eigenvalue weighted by molar-refractivity contribution is 0.248. The van der Waals surface area contributed by atoms with Gasteiger partial charge < -0.3 is 4.74 Å². The monoisotopic (exact) mass is 424 g/mol. The number of hydrogen-bond donors (Lipinski definition) is 1. The van der Waals surface area contributed by atoms with Gasteiger partial charge in [0.2, 0.25) is 10.0 Å². The van der Waals surface area contributed by atoms with Gasteiger partial charge in [-0.25, -0.2) is 13.1 Å². The van der Waals surface area contributed by atoms with Crippen LogP contribution in [0.15, 0.2) is 65.6 Å². The topological polar surface area (TPSA) is 58.6 Å². The Kier molecular flexibility index (Phi) is 6.09. The standard InChI is InChI=1S/C24H28N2O3S/c1-18-12-13-23(29-2)24(16-18)30(27,28)25-17-22(26-14-5-6-15-26)21-11-7-9-19-8-3-4-10-20(19)21/h3-4,7-13,16,22,25H,5-6,14-15,17H2,1-2H3/t22-/m0/s1. The van der Waals surface area contributed by atoms with Crippen molar-refractivity contribution in [2.75, 3.05) is 26.7 Å². The van der Waals surface area contributed by atoms with Crippen molar-refractivity contribution in [2.24, 2.45) is 0 Å². The van der Waals surface area contributed by atoms with Crippen LogP contribution in [0.4, 0.5) is 0 Å². The Balaban J connectivity index is 1.68. The SMILES string of the molecule is COc1ccc(C)cc1S(=O)(=O)NC[C@@H](c1cccc2ccccc12)N1CCCC1. The normalized spacial score (nSPS) is 16.1. The van der Waals surface area contributed by atoms with E-state index < -0.39 is 10.0 Å². The average molecular weight is 425 g/mol. The van der Waals surface area contributed by atoms with Gasteiger partial charge in [-0.1, -0.05) is 48.5 Å². The lowest BCUT2D eigenvalue weighted by Crippen LogP contribution is -2.37. The lowest BCUT2D eigenvalue weighted by atomic mass is 9.98. The maximum atomic E-state index is 13.2. The molecule has 0 aliphatic carbocycles. The third kappa shape index (κ3) is 4.21. The van der Waals surface area contributed by atoms with Crippen LogP contribution in [0.25, 0.3) is 10.8 Å². The van der Waals surface area contributed by atoms with E-state index in [2.05, 4.69) is 40.0 Å². The van der Waals surface area contributed by atoms with Crippen LogP contribution in [-0.2, 0) is 10.0 Å². The van der Waals surface area contributed by atoms with E-state index in [0.29, 0.717) is 12.3 Å². The highest BCUT2D eigenvalue weighted by Crippen LogP contribution is 2.31. The van der Waals surface area contributed by atoms with Crippen molar-refractivity contribution in [3.63, 3.8) is 0 Å². The van der Waals surface area contributed by atoms with Crippen LogP contribution < -0.4 is 9.46 Å². The molecule has 1 atom stereocenters. The quantitative estimate of drug-likeness (QED) is 0.615. The number of nitrogens with one attached hydrogen (secondary N) is 1. The molecule has 0 aromatic heterocycles. The molecule has 0 spiro atoms. The zero-order valence-electron chi connectivity index (χ0n) is 17.5. The Morgan fingerprint density at radius 3 is 2.53 bits per heavy atom. The van der Waals surface area contributed by atoms with E-state index in [1.807, 2.05) is 25.1 Å². The summed E-state index contributed by atoms with van der Waals surface area (Å²) in [7, 11) is -2.22. The predicted molar refractivity (Wildman–Crippen MR) is 120 cm³/mol. The molecule has 30 heavy (non-hydrogen) atoms. The van der Waals surface area contributed by atoms with Gasteiger partial charge >= 0.3 is 0 Å². The number of rotatable bonds is 7. The highest BCUT2D eigenvalue weighted by molar-refractivity contribution is 7.89. The molecule has 1 N–H and O–H groups in total. The van der Waals surface area contributed by atoms with Gasteiger partial charge in [0.25, 0.3) is 0 Å². The van der Waals surface area contributed by atoms with Gasteiger partial charge in [-0.05, 0) is 66.9 Å². The summed E-state index contributed by atoms with van der Waals surface area (Å²) in [6.45, 7) is 4.14. The first-order chi connectivity index (χ1) is 14.5. The zero-order valence-corrected chi connectivity index (χ0v) is 18.3. The summed E-state index contributed by atoms with van der Waals surface area (Å²) in [5, 5.41) is 2.34. The lowest BCUT2D eigenvalue weighted by Gasteiger charge is -2.29. The first kappa shape index (κ1) is 20.8. The highest BCUT2D eigenvalue weighted by atomic mass is 32.2. The highest BCUT2D eigenvalue weighted by Gasteiger charge is 2.28. The predicted octanol–water partition coefficient (Wildman–Crippen LogP) is 4.27. The molecule has 0 unspecified atom stereocenters. The fourth-order valence-corrected chi connectivity index (χ4v) is 5.58. The molecule has 3 aromatic carbocycles. The summed E-state index contributed by atoms with van der Waals surface area (Å²) in [4.78, 5) is 2.57. The molecule has 6 heteroatoms. The van der Waals surface area contributed by atoms with Crippen LogP contribution in [0.2, 0.25) is 0 Å². The Morgan fingerprint density at radius 1 is 1.03 bits per heavy atom. The maximum Gasteiger partial charge on any atom is 0.244 e. The number of hydrogen-bond acceptors (Lipinski definition) is 4. The first-order valence-electron chi connectivity index (χ1n) is 10.4. The minimum absolute atomic E-state index is 0.0239. The fraction of sp³-hybridized carbons (Fsp3) is 0.333. The van der Waals surface area contributed by atoms with E-state index in [-0.39, 0.29) is 10.9 Å². The molecule has 158 valence electrons. The van der Waals surface area contributed by atoms with Crippen molar-refractivity contribution < 1.29 is 13.2 Å². The molecule has 4 rings (SSSR count). The molecular weight excluding hydrogens is 396 g/mol. The number of sulfonamides is 1. The van der Waals surface area contributed by atoms with Crippen molar-refractivity contribution in [1.29, 1.82) is 0 Å². The molecule has 5 nitrogen and oxygen atoms in total. The Hall–Kier alpha value is -2.41. The summed E-state index contributed by atoms with van der Waals surface area (Å²) < 4.78 is 34.5. The summed E-state index contributed by atoms with van der Waals surface area (Å²) in [6.07, 6.45) is 2.28. The van der Waals surface area contributed by atoms with E-state index in [1.54, 1.807) is 12.1 Å². The molecule has 1 fully saturated rings. The van der Waals surface area contributed by atoms with Gasteiger partial charge in [0.05, 0.1) is 7.11 Å². The van der Waals surface area contributed by atoms with Crippen LogP contribution in [0.5, 0.6) is 5.75 Å². The van der Waals surface area contributed by atoms with Gasteiger partial charge in [-0.15, -0.1) is 0 Å². The molecular formula is C24H28N2O3S. The number of likely N-dealkylation sites (tertiary alicyclic amines) is 1. The second-order valence-electron chi connectivity index (χ2n) is 7.83. The van der Waals surface area contributed by atoms with Crippen LogP contribution >= 0.6 is 0 Å². The second kappa shape index (κ2) is 8.76. The molecule has 0 amide bonds. The number of ether oxygens (including phenoxy) is 1. The molecule has 0 saturated carbocycles. The van der Waals surface area contributed by atoms with Crippen LogP contribution in [0, 0.1) is 6.92 Å². The number of aryl methyl sites for hydroxylation is 1. The summed E-state index contributed by atoms with van der Waals surface area (Å²) in [6, 6.07) is 19.7. The molecule has 1 saturated heterocycles. The van der Waals surface area contributed by atoms with Crippen molar-refractivity contribution >= 4 is 20.8 Å². The average Bonchev–Trinajstić information content (AvgIpc) is 3.28. The number of methoxy groups -OCH3 is 1. The van der Waals surface area contributed by atoms with Crippen molar-refractivity contribution in [3.8, 4) is 5.75 Å². The third-order valence-electron chi connectivity index (χ3n) is 5.84. The smallest absolute Gasteiger partial charge is 0.244 e. The van der Waals surface area contributed by atoms with Gasteiger partial charge in [0, 0.05) is 12.6 Å². The minimum atomic E-state index is -3.71. The van der Waals surface area contributed by atoms with Gasteiger partial charge in [-0.2, -0.15) is 0 Å². The molecule has 1 aliphatic heterocycles. The summed E-state index contributed by atoms with van der Waals surface area (Å²) in [5.74, 6) is 0.357. The largest absolute Gasteiger partial charge is 0.495 e. The van der Waals surface area contributed by atoms with Gasteiger partial charge in [-0.3, -0.25) is 4.90 Å². The molecule has 0 radical (unpaired) electrons. The Bertz CT molecular complexity index is 1130. The molecule has 0 bridgehead atoms. The molecule has 1 aliphatic rings. The zero-order chi connectivity index (χ0) is 21.1. The van der Waals surface area contributed by atoms with Gasteiger partial charge in [0.15, 0.2) is 0 Å². The second-order valence-corrected chi connectivity index (χ2v) is 9.57. The molecule has 3 aromatic rings. The van der Waals surface area contributed by atoms with Crippen molar-refractivity contribution in [1.82, 2.24) is 9.62 Å². The maximum absolute atomic E-state index is 13.2. The van der Waals surface area contributed by atoms with E-state index >= 15 is 0 Å². The number of nitrogens with zero attached hydrogens (tertiary/aromatic N) is 1. The number of fused-ring (bicyclic) bond motifs is 1. The third-order valence-corrected chi connectivity index (χ3v) is 7.28. The summed E-state index contributed by atoms with van der Waals surface area (Å²) >= 11 is 0. The van der Waals surface area contributed by atoms with E-state index in [1.165, 1.54) is 17.9 Å². The van der Waals surface area contributed by atoms with E-state index in [0.717, 1.165) is 37.1 Å². The Labute approximate surface area is 178 Å². The molecule has 1 heterocycles. The number of benzene rings is 3. The summed E-state index contributed by atoms with van der Waals surface area (Å²) in [5.41, 5.74) is 2.04. The minimum Gasteiger partial charge on any atom is -0.495 e. The van der Waals surface area contributed by atoms with Crippen LogP contribution in [-0.4, -0.2) is 40.1 Å². The van der Waals surface area contributed by atoms with Gasteiger partial charge in [0.1, 0.15) is 10.6 Å². The first-order valence-corrected chi connectivity index (χ1v) is 11.8. The van der Waals surface area contributed by atoms with E-state index in [4.69, 9.17) is 4.74 Å². The van der Waals surface area contributed by atoms with Crippen molar-refractivity contribution in [3.05, 3.63) is 71.8 Å². The Morgan fingerprint density at radius 2 is 1.77 bits per heavy atom. The van der Waals surface area contributed by atoms with Crippen LogP contribution in [0.1, 0.15) is 30.0 Å². The van der Waals surface area contributed by atoms with Crippen LogP contribution in [0.3, 0.4) is 0 Å². The fourth-order valence-electron chi connectivity index (χ4n) is 4.29. The van der Waals surface area contributed by atoms with Crippen molar-refractivity contribution in [2.45, 2.75) is 30.7 Å².